The van der Waals surface area contributed by atoms with Gasteiger partial charge in [0.05, 0.1) is 5.54 Å². The van der Waals surface area contributed by atoms with E-state index in [1.165, 1.54) is 0 Å². The summed E-state index contributed by atoms with van der Waals surface area (Å²) in [6.07, 6.45) is 0. The van der Waals surface area contributed by atoms with Gasteiger partial charge < -0.3 is 0 Å². The van der Waals surface area contributed by atoms with Crippen LogP contribution in [0.4, 0.5) is 0 Å². The molecule has 0 aromatic carbocycles. The first-order valence-corrected chi connectivity index (χ1v) is 6.32. The highest BCUT2D eigenvalue weighted by Gasteiger charge is 2.31. The summed E-state index contributed by atoms with van der Waals surface area (Å²) >= 11 is 0. The van der Waals surface area contributed by atoms with Gasteiger partial charge in [-0.05, 0) is 20.8 Å². The number of hydrogen-bond donors (Lipinski definition) is 0. The van der Waals surface area contributed by atoms with Crippen molar-refractivity contribution in [3.63, 3.8) is 0 Å². The number of nitrogens with zero attached hydrogens (tertiary/aromatic N) is 3. The molecule has 1 heterocycles. The Hall–Kier alpha value is -0.860. The second kappa shape index (κ2) is 3.82. The van der Waals surface area contributed by atoms with Crippen molar-refractivity contribution in [3.05, 3.63) is 11.6 Å². The molecule has 98 valence electrons. The van der Waals surface area contributed by atoms with Crippen LogP contribution >= 0.6 is 0 Å². The minimum Gasteiger partial charge on any atom is -0.244 e. The molecule has 0 aliphatic carbocycles. The Balaban J connectivity index is 3.44. The fourth-order valence-electron chi connectivity index (χ4n) is 1.58. The molecule has 3 nitrogen and oxygen atoms in total. The Kier molecular flexibility index (Phi) is 3.19. The zero-order valence-electron chi connectivity index (χ0n) is 12.8. The molecular formula is C14H27N3. The third-order valence-corrected chi connectivity index (χ3v) is 2.58. The standard InChI is InChI=1S/C14H27N3/c1-12(2,3)10-15-11(13(4,5)6)17(16-10)14(7,8)9/h1-9H3. The van der Waals surface area contributed by atoms with Crippen LogP contribution in [0.2, 0.25) is 0 Å². The van der Waals surface area contributed by atoms with E-state index in [9.17, 15) is 0 Å². The van der Waals surface area contributed by atoms with E-state index in [4.69, 9.17) is 10.1 Å². The van der Waals surface area contributed by atoms with Crippen molar-refractivity contribution in [3.8, 4) is 0 Å². The van der Waals surface area contributed by atoms with Crippen LogP contribution in [0, 0.1) is 0 Å². The molecule has 0 amide bonds. The van der Waals surface area contributed by atoms with E-state index in [1.54, 1.807) is 0 Å². The van der Waals surface area contributed by atoms with Crippen molar-refractivity contribution in [2.45, 2.75) is 78.7 Å². The molecule has 17 heavy (non-hydrogen) atoms. The van der Waals surface area contributed by atoms with Gasteiger partial charge in [0.1, 0.15) is 5.82 Å². The van der Waals surface area contributed by atoms with Gasteiger partial charge in [0, 0.05) is 10.8 Å². The average molecular weight is 237 g/mol. The van der Waals surface area contributed by atoms with Crippen LogP contribution in [0.1, 0.15) is 74.0 Å². The van der Waals surface area contributed by atoms with Gasteiger partial charge >= 0.3 is 0 Å². The van der Waals surface area contributed by atoms with Crippen molar-refractivity contribution in [2.75, 3.05) is 0 Å². The van der Waals surface area contributed by atoms with Gasteiger partial charge in [-0.15, -0.1) is 0 Å². The summed E-state index contributed by atoms with van der Waals surface area (Å²) in [5.41, 5.74) is -0.0145. The van der Waals surface area contributed by atoms with Crippen LogP contribution in [0.25, 0.3) is 0 Å². The van der Waals surface area contributed by atoms with Gasteiger partial charge in [0.15, 0.2) is 5.82 Å². The van der Waals surface area contributed by atoms with E-state index in [0.29, 0.717) is 0 Å². The average Bonchev–Trinajstić information content (AvgIpc) is 2.42. The molecule has 0 atom stereocenters. The van der Waals surface area contributed by atoms with Crippen LogP contribution in [-0.4, -0.2) is 14.8 Å². The Labute approximate surface area is 106 Å². The Morgan fingerprint density at radius 2 is 1.24 bits per heavy atom. The minimum atomic E-state index is -0.0287. The van der Waals surface area contributed by atoms with Gasteiger partial charge in [0.25, 0.3) is 0 Å². The van der Waals surface area contributed by atoms with E-state index in [1.807, 2.05) is 0 Å². The third kappa shape index (κ3) is 3.08. The Morgan fingerprint density at radius 1 is 0.765 bits per heavy atom. The highest BCUT2D eigenvalue weighted by molar-refractivity contribution is 5.11. The molecule has 1 rings (SSSR count). The number of hydrogen-bond acceptors (Lipinski definition) is 2. The van der Waals surface area contributed by atoms with E-state index in [2.05, 4.69) is 67.0 Å². The van der Waals surface area contributed by atoms with Crippen LogP contribution in [-0.2, 0) is 16.4 Å². The number of aromatic nitrogens is 3. The molecule has 0 N–H and O–H groups in total. The molecule has 3 heteroatoms. The highest BCUT2D eigenvalue weighted by Crippen LogP contribution is 2.28. The quantitative estimate of drug-likeness (QED) is 0.690. The van der Waals surface area contributed by atoms with Crippen molar-refractivity contribution >= 4 is 0 Å². The molecule has 1 aromatic rings. The molecule has 0 fully saturated rings. The topological polar surface area (TPSA) is 30.7 Å². The lowest BCUT2D eigenvalue weighted by molar-refractivity contribution is 0.315. The Bertz CT molecular complexity index is 363. The maximum Gasteiger partial charge on any atom is 0.156 e. The van der Waals surface area contributed by atoms with Gasteiger partial charge in [-0.25, -0.2) is 9.67 Å². The van der Waals surface area contributed by atoms with Crippen molar-refractivity contribution in [1.82, 2.24) is 14.8 Å². The maximum absolute atomic E-state index is 4.77. The van der Waals surface area contributed by atoms with E-state index < -0.39 is 0 Å². The summed E-state index contributed by atoms with van der Waals surface area (Å²) in [7, 11) is 0. The first kappa shape index (κ1) is 14.2. The molecule has 0 radical (unpaired) electrons. The molecule has 0 saturated carbocycles. The van der Waals surface area contributed by atoms with Gasteiger partial charge in [-0.3, -0.25) is 0 Å². The maximum atomic E-state index is 4.77. The summed E-state index contributed by atoms with van der Waals surface area (Å²) in [5.74, 6) is 1.99. The first-order valence-electron chi connectivity index (χ1n) is 6.32. The first-order chi connectivity index (χ1) is 7.33. The lowest BCUT2D eigenvalue weighted by atomic mass is 9.93. The zero-order chi connectivity index (χ0) is 13.6. The largest absolute Gasteiger partial charge is 0.244 e. The molecular weight excluding hydrogens is 210 g/mol. The summed E-state index contributed by atoms with van der Waals surface area (Å²) in [6, 6.07) is 0. The number of rotatable bonds is 0. The van der Waals surface area contributed by atoms with E-state index >= 15 is 0 Å². The van der Waals surface area contributed by atoms with E-state index in [-0.39, 0.29) is 16.4 Å². The highest BCUT2D eigenvalue weighted by atomic mass is 15.4. The van der Waals surface area contributed by atoms with Crippen LogP contribution in [0.3, 0.4) is 0 Å². The van der Waals surface area contributed by atoms with Crippen LogP contribution in [0.5, 0.6) is 0 Å². The van der Waals surface area contributed by atoms with Gasteiger partial charge in [-0.2, -0.15) is 5.10 Å². The minimum absolute atomic E-state index is 0.00347. The lowest BCUT2D eigenvalue weighted by Crippen LogP contribution is -2.30. The van der Waals surface area contributed by atoms with Crippen molar-refractivity contribution < 1.29 is 0 Å². The molecule has 0 spiro atoms. The molecule has 0 bridgehead atoms. The second-order valence-electron chi connectivity index (χ2n) is 7.84. The molecule has 0 saturated heterocycles. The van der Waals surface area contributed by atoms with Gasteiger partial charge in [0.2, 0.25) is 0 Å². The molecule has 0 aliphatic rings. The predicted molar refractivity (Wildman–Crippen MR) is 72.4 cm³/mol. The fourth-order valence-corrected chi connectivity index (χ4v) is 1.58. The monoisotopic (exact) mass is 237 g/mol. The molecule has 0 aliphatic heterocycles. The smallest absolute Gasteiger partial charge is 0.156 e. The predicted octanol–water partition coefficient (Wildman–Crippen LogP) is 3.63. The van der Waals surface area contributed by atoms with Crippen LogP contribution in [0.15, 0.2) is 0 Å². The lowest BCUT2D eigenvalue weighted by Gasteiger charge is -2.26. The summed E-state index contributed by atoms with van der Waals surface area (Å²) in [6.45, 7) is 19.5. The molecule has 0 unspecified atom stereocenters. The van der Waals surface area contributed by atoms with Crippen molar-refractivity contribution in [1.29, 1.82) is 0 Å². The third-order valence-electron chi connectivity index (χ3n) is 2.58. The summed E-state index contributed by atoms with van der Waals surface area (Å²) < 4.78 is 2.08. The van der Waals surface area contributed by atoms with Crippen molar-refractivity contribution in [2.24, 2.45) is 0 Å². The van der Waals surface area contributed by atoms with E-state index in [0.717, 1.165) is 11.6 Å². The SMILES string of the molecule is CC(C)(C)c1nc(C(C)(C)C)n(C(C)(C)C)n1. The summed E-state index contributed by atoms with van der Waals surface area (Å²) in [5, 5.41) is 4.72. The van der Waals surface area contributed by atoms with Gasteiger partial charge in [-0.1, -0.05) is 41.5 Å². The fraction of sp³-hybridized carbons (Fsp3) is 0.857. The second-order valence-corrected chi connectivity index (χ2v) is 7.84. The van der Waals surface area contributed by atoms with Crippen LogP contribution < -0.4 is 0 Å². The Morgan fingerprint density at radius 3 is 1.47 bits per heavy atom. The zero-order valence-corrected chi connectivity index (χ0v) is 12.8. The molecule has 1 aromatic heterocycles. The normalized spacial score (nSPS) is 14.2. The summed E-state index contributed by atoms with van der Waals surface area (Å²) in [4.78, 5) is 4.77.